The first-order valence-electron chi connectivity index (χ1n) is 13.2. The van der Waals surface area contributed by atoms with Crippen molar-refractivity contribution in [3.05, 3.63) is 130 Å². The van der Waals surface area contributed by atoms with Gasteiger partial charge in [0.15, 0.2) is 0 Å². The number of rotatable bonds is 12. The third-order valence-corrected chi connectivity index (χ3v) is 11.6. The van der Waals surface area contributed by atoms with E-state index in [1.54, 1.807) is 71.4 Å². The second-order valence-corrected chi connectivity index (χ2v) is 14.9. The average Bonchev–Trinajstić information content (AvgIpc) is 3.78. The Kier molecular flexibility index (Phi) is 10.0. The van der Waals surface area contributed by atoms with Gasteiger partial charge in [-0.2, -0.15) is 10.2 Å². The van der Waals surface area contributed by atoms with Gasteiger partial charge in [0, 0.05) is 0 Å². The van der Waals surface area contributed by atoms with Crippen LogP contribution in [0.3, 0.4) is 0 Å². The first-order chi connectivity index (χ1) is 22.1. The van der Waals surface area contributed by atoms with Gasteiger partial charge in [0.05, 0.1) is 34.9 Å². The average molecular weight is 693 g/mol. The monoisotopic (exact) mass is 692 g/mol. The molecule has 0 radical (unpaired) electrons. The molecule has 0 aliphatic heterocycles. The van der Waals surface area contributed by atoms with Crippen molar-refractivity contribution in [1.29, 1.82) is 0 Å². The number of anilines is 2. The standard InChI is InChI=1S/C30H24N6O6S4/c37-29(23-7-1-3-9-25(23)35-45(39,40)27-11-5-17-43-27)33-31-19-21-13-15-22(16-14-21)20-32-34-30(38)24-8-2-4-10-26(24)36-46(41,42)28-12-6-18-44-28/h1-20,35-36H,(H,33,37)(H,34,38). The molecule has 16 heteroatoms. The molecule has 46 heavy (non-hydrogen) atoms. The van der Waals surface area contributed by atoms with E-state index in [0.29, 0.717) is 11.1 Å². The minimum Gasteiger partial charge on any atom is -0.278 e. The van der Waals surface area contributed by atoms with Crippen LogP contribution in [0.5, 0.6) is 0 Å². The Labute approximate surface area is 272 Å². The van der Waals surface area contributed by atoms with Crippen molar-refractivity contribution in [2.75, 3.05) is 9.44 Å². The van der Waals surface area contributed by atoms with Gasteiger partial charge in [-0.25, -0.2) is 27.7 Å². The molecule has 0 atom stereocenters. The first-order valence-corrected chi connectivity index (χ1v) is 17.9. The highest BCUT2D eigenvalue weighted by atomic mass is 32.3. The van der Waals surface area contributed by atoms with E-state index < -0.39 is 31.9 Å². The SMILES string of the molecule is O=C(NN=Cc1ccc(C=NNC(=O)c2ccccc2NS(=O)(=O)c2cccs2)cc1)c1ccccc1NS(=O)(=O)c1cccs1. The zero-order valence-corrected chi connectivity index (χ0v) is 26.8. The second-order valence-electron chi connectivity index (χ2n) is 9.23. The summed E-state index contributed by atoms with van der Waals surface area (Å²) in [6.07, 6.45) is 2.82. The Morgan fingerprint density at radius 2 is 0.935 bits per heavy atom. The number of hydrogen-bond donors (Lipinski definition) is 4. The van der Waals surface area contributed by atoms with Gasteiger partial charge in [0.1, 0.15) is 8.42 Å². The van der Waals surface area contributed by atoms with Crippen LogP contribution >= 0.6 is 22.7 Å². The van der Waals surface area contributed by atoms with E-state index in [9.17, 15) is 26.4 Å². The summed E-state index contributed by atoms with van der Waals surface area (Å²) >= 11 is 2.12. The van der Waals surface area contributed by atoms with Gasteiger partial charge in [-0.3, -0.25) is 19.0 Å². The van der Waals surface area contributed by atoms with Crippen molar-refractivity contribution in [2.24, 2.45) is 10.2 Å². The number of carbonyl (C=O) groups is 2. The zero-order chi connectivity index (χ0) is 32.6. The summed E-state index contributed by atoms with van der Waals surface area (Å²) in [6, 6.07) is 25.4. The van der Waals surface area contributed by atoms with Crippen LogP contribution in [0.1, 0.15) is 31.8 Å². The molecule has 2 aromatic heterocycles. The molecule has 5 aromatic rings. The number of hydrazone groups is 2. The highest BCUT2D eigenvalue weighted by Gasteiger charge is 2.20. The fraction of sp³-hybridized carbons (Fsp3) is 0. The quantitative estimate of drug-likeness (QED) is 0.106. The van der Waals surface area contributed by atoms with E-state index in [0.717, 1.165) is 22.7 Å². The summed E-state index contributed by atoms with van der Waals surface area (Å²) in [4.78, 5) is 25.5. The van der Waals surface area contributed by atoms with Crippen LogP contribution in [0.25, 0.3) is 0 Å². The van der Waals surface area contributed by atoms with Gasteiger partial charge < -0.3 is 0 Å². The van der Waals surface area contributed by atoms with Crippen LogP contribution < -0.4 is 20.3 Å². The topological polar surface area (TPSA) is 175 Å². The molecule has 2 heterocycles. The fourth-order valence-corrected chi connectivity index (χ4v) is 8.03. The lowest BCUT2D eigenvalue weighted by Crippen LogP contribution is -2.21. The molecule has 0 aliphatic carbocycles. The highest BCUT2D eigenvalue weighted by Crippen LogP contribution is 2.24. The van der Waals surface area contributed by atoms with Crippen LogP contribution in [0, 0.1) is 0 Å². The van der Waals surface area contributed by atoms with Gasteiger partial charge in [-0.05, 0) is 58.3 Å². The summed E-state index contributed by atoms with van der Waals surface area (Å²) in [5.41, 5.74) is 6.48. The van der Waals surface area contributed by atoms with Gasteiger partial charge in [0.25, 0.3) is 31.9 Å². The Balaban J connectivity index is 1.16. The lowest BCUT2D eigenvalue weighted by molar-refractivity contribution is 0.0948. The number of hydrogen-bond acceptors (Lipinski definition) is 10. The number of nitrogens with one attached hydrogen (secondary N) is 4. The summed E-state index contributed by atoms with van der Waals surface area (Å²) in [6.45, 7) is 0. The maximum Gasteiger partial charge on any atom is 0.273 e. The summed E-state index contributed by atoms with van der Waals surface area (Å²) < 4.78 is 55.6. The van der Waals surface area contributed by atoms with E-state index >= 15 is 0 Å². The predicted octanol–water partition coefficient (Wildman–Crippen LogP) is 4.94. The first kappa shape index (κ1) is 32.2. The van der Waals surface area contributed by atoms with Crippen molar-refractivity contribution in [3.63, 3.8) is 0 Å². The van der Waals surface area contributed by atoms with E-state index in [1.807, 2.05) is 0 Å². The van der Waals surface area contributed by atoms with Crippen molar-refractivity contribution in [2.45, 2.75) is 8.42 Å². The molecule has 2 amide bonds. The fourth-order valence-electron chi connectivity index (χ4n) is 3.88. The van der Waals surface area contributed by atoms with Crippen LogP contribution in [0.15, 0.2) is 126 Å². The van der Waals surface area contributed by atoms with Crippen LogP contribution in [0.2, 0.25) is 0 Å². The lowest BCUT2D eigenvalue weighted by Gasteiger charge is -2.10. The van der Waals surface area contributed by atoms with Crippen LogP contribution in [0.4, 0.5) is 11.4 Å². The van der Waals surface area contributed by atoms with Crippen LogP contribution in [-0.2, 0) is 20.0 Å². The number of amides is 2. The Bertz CT molecular complexity index is 1960. The summed E-state index contributed by atoms with van der Waals surface area (Å²) in [5.74, 6) is -1.22. The van der Waals surface area contributed by atoms with Crippen molar-refractivity contribution in [1.82, 2.24) is 10.9 Å². The number of sulfonamides is 2. The molecule has 0 spiro atoms. The molecule has 0 bridgehead atoms. The predicted molar refractivity (Wildman–Crippen MR) is 180 cm³/mol. The number of thiophene rings is 2. The molecule has 5 rings (SSSR count). The molecule has 234 valence electrons. The van der Waals surface area contributed by atoms with Gasteiger partial charge >= 0.3 is 0 Å². The van der Waals surface area contributed by atoms with Crippen molar-refractivity contribution in [3.8, 4) is 0 Å². The Morgan fingerprint density at radius 1 is 0.543 bits per heavy atom. The maximum atomic E-state index is 12.8. The number of nitrogens with zero attached hydrogens (tertiary/aromatic N) is 2. The zero-order valence-electron chi connectivity index (χ0n) is 23.5. The summed E-state index contributed by atoms with van der Waals surface area (Å²) in [5, 5.41) is 11.2. The highest BCUT2D eigenvalue weighted by molar-refractivity contribution is 7.95. The van der Waals surface area contributed by atoms with Crippen LogP contribution in [-0.4, -0.2) is 41.1 Å². The second kappa shape index (κ2) is 14.3. The van der Waals surface area contributed by atoms with E-state index in [4.69, 9.17) is 0 Å². The lowest BCUT2D eigenvalue weighted by atomic mass is 10.1. The molecule has 0 aliphatic rings. The van der Waals surface area contributed by atoms with Gasteiger partial charge in [-0.1, -0.05) is 60.7 Å². The largest absolute Gasteiger partial charge is 0.278 e. The van der Waals surface area contributed by atoms with E-state index in [-0.39, 0.29) is 30.9 Å². The number of para-hydroxylation sites is 2. The van der Waals surface area contributed by atoms with Crippen molar-refractivity contribution >= 4 is 78.3 Å². The van der Waals surface area contributed by atoms with E-state index in [2.05, 4.69) is 30.5 Å². The molecule has 0 unspecified atom stereocenters. The van der Waals surface area contributed by atoms with E-state index in [1.165, 1.54) is 48.8 Å². The third kappa shape index (κ3) is 8.10. The smallest absolute Gasteiger partial charge is 0.273 e. The minimum absolute atomic E-state index is 0.0935. The minimum atomic E-state index is -3.84. The van der Waals surface area contributed by atoms with Gasteiger partial charge in [-0.15, -0.1) is 22.7 Å². The molecule has 0 fully saturated rings. The maximum absolute atomic E-state index is 12.8. The summed E-state index contributed by atoms with van der Waals surface area (Å²) in [7, 11) is -7.69. The molecule has 0 saturated carbocycles. The normalized spacial score (nSPS) is 11.8. The molecule has 4 N–H and O–H groups in total. The van der Waals surface area contributed by atoms with Gasteiger partial charge in [0.2, 0.25) is 0 Å². The molecular weight excluding hydrogens is 669 g/mol. The number of benzene rings is 3. The molecular formula is C30H24N6O6S4. The number of carbonyl (C=O) groups excluding carboxylic acids is 2. The molecule has 3 aromatic carbocycles. The molecule has 12 nitrogen and oxygen atoms in total. The third-order valence-electron chi connectivity index (χ3n) is 6.05. The Morgan fingerprint density at radius 3 is 1.30 bits per heavy atom. The van der Waals surface area contributed by atoms with Crippen molar-refractivity contribution < 1.29 is 26.4 Å². The molecule has 0 saturated heterocycles. The Hall–Kier alpha value is -5.16.